The summed E-state index contributed by atoms with van der Waals surface area (Å²) in [6.07, 6.45) is 0. The molecule has 0 spiro atoms. The first-order chi connectivity index (χ1) is 19.9. The van der Waals surface area contributed by atoms with E-state index in [1.807, 2.05) is 60.7 Å². The molecule has 4 aromatic rings. The number of thioether (sulfide) groups is 1. The molecule has 4 rings (SSSR count). The van der Waals surface area contributed by atoms with Gasteiger partial charge in [-0.15, -0.1) is 0 Å². The fourth-order valence-corrected chi connectivity index (χ4v) is 5.31. The number of rotatable bonds is 9. The summed E-state index contributed by atoms with van der Waals surface area (Å²) >= 11 is 1.09. The van der Waals surface area contributed by atoms with Crippen molar-refractivity contribution in [1.29, 1.82) is 10.5 Å². The van der Waals surface area contributed by atoms with Crippen LogP contribution in [0, 0.1) is 22.7 Å². The number of hydrogen-bond donors (Lipinski definition) is 1. The number of hydrogen-bond acceptors (Lipinski definition) is 9. The van der Waals surface area contributed by atoms with Crippen LogP contribution in [0.2, 0.25) is 0 Å². The molecule has 0 aliphatic heterocycles. The maximum absolute atomic E-state index is 13.9. The molecule has 1 unspecified atom stereocenters. The molecule has 1 aromatic heterocycles. The van der Waals surface area contributed by atoms with Crippen molar-refractivity contribution in [2.75, 3.05) is 32.0 Å². The van der Waals surface area contributed by atoms with Crippen LogP contribution in [-0.4, -0.2) is 37.5 Å². The Morgan fingerprint density at radius 3 is 1.83 bits per heavy atom. The molecule has 1 amide bonds. The molecule has 3 aromatic carbocycles. The molecule has 41 heavy (non-hydrogen) atoms. The topological polar surface area (TPSA) is 134 Å². The van der Waals surface area contributed by atoms with Gasteiger partial charge in [0.1, 0.15) is 28.5 Å². The van der Waals surface area contributed by atoms with Crippen LogP contribution in [0.25, 0.3) is 11.1 Å². The fourth-order valence-electron chi connectivity index (χ4n) is 4.35. The molecule has 206 valence electrons. The Kier molecular flexibility index (Phi) is 8.98. The molecular formula is C31H27N5O4S. The second-order valence-corrected chi connectivity index (χ2v) is 10.00. The maximum atomic E-state index is 13.9. The van der Waals surface area contributed by atoms with Gasteiger partial charge in [-0.2, -0.15) is 10.5 Å². The van der Waals surface area contributed by atoms with Gasteiger partial charge in [-0.05, 0) is 48.9 Å². The van der Waals surface area contributed by atoms with Crippen molar-refractivity contribution in [3.05, 3.63) is 83.9 Å². The second kappa shape index (κ2) is 12.8. The van der Waals surface area contributed by atoms with Crippen molar-refractivity contribution in [2.24, 2.45) is 0 Å². The number of nitrogens with zero attached hydrogens (tertiary/aromatic N) is 4. The number of nitriles is 2. The Morgan fingerprint density at radius 1 is 0.878 bits per heavy atom. The van der Waals surface area contributed by atoms with Crippen molar-refractivity contribution in [1.82, 2.24) is 4.98 Å². The summed E-state index contributed by atoms with van der Waals surface area (Å²) in [4.78, 5) is 19.9. The monoisotopic (exact) mass is 565 g/mol. The van der Waals surface area contributed by atoms with Crippen LogP contribution in [0.1, 0.15) is 18.1 Å². The summed E-state index contributed by atoms with van der Waals surface area (Å²) in [5.74, 6) is 0.734. The fraction of sp³-hybridized carbons (Fsp3) is 0.161. The van der Waals surface area contributed by atoms with Gasteiger partial charge in [0, 0.05) is 16.9 Å². The minimum Gasteiger partial charge on any atom is -0.493 e. The third kappa shape index (κ3) is 5.74. The third-order valence-electron chi connectivity index (χ3n) is 6.25. The van der Waals surface area contributed by atoms with Gasteiger partial charge in [0.2, 0.25) is 11.7 Å². The van der Waals surface area contributed by atoms with Crippen molar-refractivity contribution >= 4 is 34.9 Å². The Balaban J connectivity index is 1.83. The number of amides is 1. The molecule has 9 nitrogen and oxygen atoms in total. The number of anilines is 3. The number of nitrogens with two attached hydrogens (primary N) is 1. The first-order valence-electron chi connectivity index (χ1n) is 12.4. The first kappa shape index (κ1) is 28.8. The Bertz CT molecular complexity index is 1590. The number of pyridine rings is 1. The molecule has 0 saturated carbocycles. The van der Waals surface area contributed by atoms with E-state index in [1.54, 1.807) is 24.0 Å². The minimum atomic E-state index is -0.685. The van der Waals surface area contributed by atoms with Gasteiger partial charge in [-0.1, -0.05) is 48.2 Å². The Morgan fingerprint density at radius 2 is 1.39 bits per heavy atom. The van der Waals surface area contributed by atoms with Crippen molar-refractivity contribution in [2.45, 2.75) is 17.2 Å². The highest BCUT2D eigenvalue weighted by Gasteiger charge is 2.29. The molecule has 1 heterocycles. The van der Waals surface area contributed by atoms with E-state index in [0.29, 0.717) is 34.2 Å². The molecule has 0 bridgehead atoms. The predicted octanol–water partition coefficient (Wildman–Crippen LogP) is 5.95. The lowest BCUT2D eigenvalue weighted by molar-refractivity contribution is -0.117. The van der Waals surface area contributed by atoms with Crippen molar-refractivity contribution in [3.8, 4) is 40.5 Å². The van der Waals surface area contributed by atoms with Crippen LogP contribution < -0.4 is 24.8 Å². The molecule has 0 aliphatic carbocycles. The molecule has 0 saturated heterocycles. The van der Waals surface area contributed by atoms with Gasteiger partial charge >= 0.3 is 0 Å². The van der Waals surface area contributed by atoms with Gasteiger partial charge in [-0.25, -0.2) is 4.98 Å². The lowest BCUT2D eigenvalue weighted by Crippen LogP contribution is -2.33. The largest absolute Gasteiger partial charge is 0.493 e. The lowest BCUT2D eigenvalue weighted by Gasteiger charge is -2.26. The van der Waals surface area contributed by atoms with E-state index in [4.69, 9.17) is 19.9 Å². The summed E-state index contributed by atoms with van der Waals surface area (Å²) in [7, 11) is 4.42. The van der Waals surface area contributed by atoms with E-state index in [1.165, 1.54) is 21.3 Å². The molecule has 10 heteroatoms. The van der Waals surface area contributed by atoms with E-state index in [-0.39, 0.29) is 33.4 Å². The number of nitrogen functional groups attached to an aromatic ring is 1. The van der Waals surface area contributed by atoms with E-state index < -0.39 is 5.25 Å². The minimum absolute atomic E-state index is 0.0225. The first-order valence-corrected chi connectivity index (χ1v) is 13.3. The predicted molar refractivity (Wildman–Crippen MR) is 159 cm³/mol. The number of ether oxygens (including phenoxy) is 3. The van der Waals surface area contributed by atoms with Crippen molar-refractivity contribution in [3.63, 3.8) is 0 Å². The zero-order valence-electron chi connectivity index (χ0n) is 22.9. The number of para-hydroxylation sites is 2. The van der Waals surface area contributed by atoms with E-state index in [2.05, 4.69) is 17.1 Å². The third-order valence-corrected chi connectivity index (χ3v) is 7.33. The maximum Gasteiger partial charge on any atom is 0.244 e. The highest BCUT2D eigenvalue weighted by atomic mass is 32.2. The molecule has 0 fully saturated rings. The average Bonchev–Trinajstić information content (AvgIpc) is 3.01. The second-order valence-electron chi connectivity index (χ2n) is 8.67. The number of carbonyl (C=O) groups is 1. The number of benzene rings is 3. The van der Waals surface area contributed by atoms with Crippen molar-refractivity contribution < 1.29 is 19.0 Å². The average molecular weight is 566 g/mol. The van der Waals surface area contributed by atoms with E-state index in [9.17, 15) is 15.3 Å². The molecule has 0 aliphatic rings. The van der Waals surface area contributed by atoms with Gasteiger partial charge in [-0.3, -0.25) is 9.69 Å². The van der Waals surface area contributed by atoms with E-state index >= 15 is 0 Å². The van der Waals surface area contributed by atoms with E-state index in [0.717, 1.165) is 11.8 Å². The lowest BCUT2D eigenvalue weighted by atomic mass is 9.96. The highest BCUT2D eigenvalue weighted by molar-refractivity contribution is 8.00. The summed E-state index contributed by atoms with van der Waals surface area (Å²) < 4.78 is 16.4. The van der Waals surface area contributed by atoms with Gasteiger partial charge < -0.3 is 19.9 Å². The normalized spacial score (nSPS) is 11.1. The summed E-state index contributed by atoms with van der Waals surface area (Å²) in [6.45, 7) is 1.74. The van der Waals surface area contributed by atoms with Gasteiger partial charge in [0.05, 0.1) is 32.1 Å². The van der Waals surface area contributed by atoms with Gasteiger partial charge in [0.15, 0.2) is 11.5 Å². The zero-order valence-corrected chi connectivity index (χ0v) is 23.7. The molecule has 2 N–H and O–H groups in total. The van der Waals surface area contributed by atoms with Crippen LogP contribution in [0.4, 0.5) is 17.2 Å². The van der Waals surface area contributed by atoms with Crippen LogP contribution in [0.15, 0.2) is 77.8 Å². The quantitative estimate of drug-likeness (QED) is 0.244. The number of methoxy groups -OCH3 is 3. The highest BCUT2D eigenvalue weighted by Crippen LogP contribution is 2.45. The molecule has 0 radical (unpaired) electrons. The van der Waals surface area contributed by atoms with Crippen LogP contribution in [-0.2, 0) is 4.79 Å². The van der Waals surface area contributed by atoms with Crippen LogP contribution in [0.5, 0.6) is 17.2 Å². The standard InChI is InChI=1S/C31H27N5O4S/c1-19(31(37)36(21-11-7-5-8-12-21)22-13-9-6-10-14-22)41-30-24(18-33)27(23(17-32)29(34)35-30)20-15-25(38-2)28(40-4)26(16-20)39-3/h5-16,19H,1-4H3,(H2,34,35). The zero-order chi connectivity index (χ0) is 29.5. The number of aromatic nitrogens is 1. The molecular weight excluding hydrogens is 538 g/mol. The van der Waals surface area contributed by atoms with Gasteiger partial charge in [0.25, 0.3) is 0 Å². The Labute approximate surface area is 242 Å². The van der Waals surface area contributed by atoms with Crippen LogP contribution >= 0.6 is 11.8 Å². The Hall–Kier alpha value is -5.19. The van der Waals surface area contributed by atoms with Crippen LogP contribution in [0.3, 0.4) is 0 Å². The summed E-state index contributed by atoms with van der Waals surface area (Å²) in [5, 5.41) is 19.8. The SMILES string of the molecule is COc1cc(-c2c(C#N)c(N)nc(SC(C)C(=O)N(c3ccccc3)c3ccccc3)c2C#N)cc(OC)c1OC. The molecule has 1 atom stereocenters. The smallest absolute Gasteiger partial charge is 0.244 e. The summed E-state index contributed by atoms with van der Waals surface area (Å²) in [5.41, 5.74) is 8.46. The number of carbonyl (C=O) groups excluding carboxylic acids is 1. The summed E-state index contributed by atoms with van der Waals surface area (Å²) in [6, 6.07) is 26.1.